The van der Waals surface area contributed by atoms with Gasteiger partial charge in [-0.25, -0.2) is 4.68 Å². The third-order valence-electron chi connectivity index (χ3n) is 5.63. The Kier molecular flexibility index (Phi) is 6.82. The molecule has 1 aliphatic rings. The van der Waals surface area contributed by atoms with Gasteiger partial charge in [0.05, 0.1) is 12.1 Å². The molecule has 1 amide bonds. The van der Waals surface area contributed by atoms with E-state index in [2.05, 4.69) is 50.8 Å². The molecular weight excluding hydrogens is 376 g/mol. The number of nitrogens with zero attached hydrogens (tertiary/aromatic N) is 6. The van der Waals surface area contributed by atoms with E-state index in [4.69, 9.17) is 0 Å². The normalized spacial score (nSPS) is 15.1. The summed E-state index contributed by atoms with van der Waals surface area (Å²) in [5.74, 6) is 0.205. The fourth-order valence-electron chi connectivity index (χ4n) is 3.93. The van der Waals surface area contributed by atoms with E-state index in [1.807, 2.05) is 29.2 Å². The number of carbonyl (C=O) groups is 1. The number of carbonyl (C=O) groups excluding carboxylic acids is 1. The van der Waals surface area contributed by atoms with E-state index in [0.29, 0.717) is 6.42 Å². The second kappa shape index (κ2) is 10.1. The van der Waals surface area contributed by atoms with Gasteiger partial charge < -0.3 is 9.80 Å². The van der Waals surface area contributed by atoms with Crippen LogP contribution >= 0.6 is 0 Å². The lowest BCUT2D eigenvalue weighted by atomic mass is 10.1. The van der Waals surface area contributed by atoms with Crippen LogP contribution in [-0.4, -0.2) is 68.6 Å². The standard InChI is InChI=1S/C23H28N6O/c30-23(18-21-9-11-22(12-10-21)29-19-24-25-26-29)28-15-5-14-27(16-17-28)13-4-8-20-6-2-1-3-7-20/h1-3,6-7,9-12,19H,4-5,8,13-18H2. The zero-order valence-electron chi connectivity index (χ0n) is 17.2. The summed E-state index contributed by atoms with van der Waals surface area (Å²) in [5.41, 5.74) is 3.30. The van der Waals surface area contributed by atoms with E-state index >= 15 is 0 Å². The Morgan fingerprint density at radius 2 is 1.73 bits per heavy atom. The van der Waals surface area contributed by atoms with Crippen molar-refractivity contribution in [2.45, 2.75) is 25.7 Å². The summed E-state index contributed by atoms with van der Waals surface area (Å²) in [7, 11) is 0. The summed E-state index contributed by atoms with van der Waals surface area (Å²) < 4.78 is 1.60. The maximum atomic E-state index is 12.8. The van der Waals surface area contributed by atoms with Crippen molar-refractivity contribution < 1.29 is 4.79 Å². The zero-order chi connectivity index (χ0) is 20.6. The van der Waals surface area contributed by atoms with Gasteiger partial charge in [-0.3, -0.25) is 4.79 Å². The van der Waals surface area contributed by atoms with Crippen LogP contribution in [0.5, 0.6) is 0 Å². The number of tetrazole rings is 1. The number of amides is 1. The lowest BCUT2D eigenvalue weighted by Gasteiger charge is -2.22. The Labute approximate surface area is 177 Å². The van der Waals surface area contributed by atoms with Gasteiger partial charge in [-0.05, 0) is 66.0 Å². The van der Waals surface area contributed by atoms with Crippen molar-refractivity contribution in [3.05, 3.63) is 72.1 Å². The highest BCUT2D eigenvalue weighted by Gasteiger charge is 2.19. The average Bonchev–Trinajstić information content (AvgIpc) is 3.21. The molecule has 3 aromatic rings. The zero-order valence-corrected chi connectivity index (χ0v) is 17.2. The van der Waals surface area contributed by atoms with Crippen molar-refractivity contribution >= 4 is 5.91 Å². The van der Waals surface area contributed by atoms with Gasteiger partial charge in [0.25, 0.3) is 0 Å². The van der Waals surface area contributed by atoms with E-state index in [-0.39, 0.29) is 5.91 Å². The number of hydrogen-bond donors (Lipinski definition) is 0. The SMILES string of the molecule is O=C(Cc1ccc(-n2cnnn2)cc1)N1CCCN(CCCc2ccccc2)CC1. The molecule has 1 aliphatic heterocycles. The molecule has 0 spiro atoms. The van der Waals surface area contributed by atoms with Gasteiger partial charge >= 0.3 is 0 Å². The van der Waals surface area contributed by atoms with Gasteiger partial charge in [0.1, 0.15) is 6.33 Å². The molecule has 1 fully saturated rings. The van der Waals surface area contributed by atoms with Gasteiger partial charge in [-0.2, -0.15) is 0 Å². The van der Waals surface area contributed by atoms with E-state index in [1.54, 1.807) is 11.0 Å². The third-order valence-corrected chi connectivity index (χ3v) is 5.63. The number of aromatic nitrogens is 4. The summed E-state index contributed by atoms with van der Waals surface area (Å²) in [6.45, 7) is 4.77. The highest BCUT2D eigenvalue weighted by atomic mass is 16.2. The van der Waals surface area contributed by atoms with Crippen LogP contribution < -0.4 is 0 Å². The van der Waals surface area contributed by atoms with Crippen LogP contribution in [0.4, 0.5) is 0 Å². The van der Waals surface area contributed by atoms with Crippen LogP contribution in [0.2, 0.25) is 0 Å². The molecule has 7 heteroatoms. The van der Waals surface area contributed by atoms with Crippen molar-refractivity contribution in [3.8, 4) is 5.69 Å². The Morgan fingerprint density at radius 1 is 0.900 bits per heavy atom. The quantitative estimate of drug-likeness (QED) is 0.605. The van der Waals surface area contributed by atoms with Crippen LogP contribution in [-0.2, 0) is 17.6 Å². The Bertz CT molecular complexity index is 911. The van der Waals surface area contributed by atoms with Crippen molar-refractivity contribution in [1.29, 1.82) is 0 Å². The van der Waals surface area contributed by atoms with Crippen molar-refractivity contribution in [1.82, 2.24) is 30.0 Å². The maximum Gasteiger partial charge on any atom is 0.227 e. The minimum Gasteiger partial charge on any atom is -0.341 e. The minimum atomic E-state index is 0.205. The van der Waals surface area contributed by atoms with Crippen molar-refractivity contribution in [3.63, 3.8) is 0 Å². The fraction of sp³-hybridized carbons (Fsp3) is 0.391. The summed E-state index contributed by atoms with van der Waals surface area (Å²) in [6, 6.07) is 18.5. The molecule has 0 atom stereocenters. The van der Waals surface area contributed by atoms with Crippen LogP contribution in [0, 0.1) is 0 Å². The minimum absolute atomic E-state index is 0.205. The predicted molar refractivity (Wildman–Crippen MR) is 115 cm³/mol. The first kappa shape index (κ1) is 20.2. The van der Waals surface area contributed by atoms with E-state index in [1.165, 1.54) is 5.56 Å². The van der Waals surface area contributed by atoms with Gasteiger partial charge in [0.15, 0.2) is 0 Å². The molecule has 4 rings (SSSR count). The van der Waals surface area contributed by atoms with Gasteiger partial charge in [0, 0.05) is 19.6 Å². The molecule has 0 N–H and O–H groups in total. The number of hydrogen-bond acceptors (Lipinski definition) is 5. The molecule has 0 radical (unpaired) electrons. The van der Waals surface area contributed by atoms with E-state index < -0.39 is 0 Å². The molecule has 1 aromatic heterocycles. The summed E-state index contributed by atoms with van der Waals surface area (Å²) in [5, 5.41) is 11.2. The third kappa shape index (κ3) is 5.51. The molecule has 1 saturated heterocycles. The molecule has 7 nitrogen and oxygen atoms in total. The maximum absolute atomic E-state index is 12.8. The summed E-state index contributed by atoms with van der Waals surface area (Å²) in [6.07, 6.45) is 5.30. The Morgan fingerprint density at radius 3 is 2.50 bits per heavy atom. The van der Waals surface area contributed by atoms with Crippen molar-refractivity contribution in [2.75, 3.05) is 32.7 Å². The number of rotatable bonds is 7. The molecule has 156 valence electrons. The lowest BCUT2D eigenvalue weighted by molar-refractivity contribution is -0.130. The molecule has 0 aliphatic carbocycles. The Hall–Kier alpha value is -3.06. The highest BCUT2D eigenvalue weighted by Crippen LogP contribution is 2.12. The van der Waals surface area contributed by atoms with Gasteiger partial charge in [0.2, 0.25) is 5.91 Å². The Balaban J connectivity index is 1.23. The van der Waals surface area contributed by atoms with Crippen molar-refractivity contribution in [2.24, 2.45) is 0 Å². The van der Waals surface area contributed by atoms with Crippen LogP contribution in [0.1, 0.15) is 24.0 Å². The second-order valence-electron chi connectivity index (χ2n) is 7.76. The fourth-order valence-corrected chi connectivity index (χ4v) is 3.93. The first-order chi connectivity index (χ1) is 14.8. The number of benzene rings is 2. The predicted octanol–water partition coefficient (Wildman–Crippen LogP) is 2.37. The van der Waals surface area contributed by atoms with E-state index in [9.17, 15) is 4.79 Å². The molecule has 30 heavy (non-hydrogen) atoms. The topological polar surface area (TPSA) is 67.2 Å². The first-order valence-corrected chi connectivity index (χ1v) is 10.6. The second-order valence-corrected chi connectivity index (χ2v) is 7.76. The summed E-state index contributed by atoms with van der Waals surface area (Å²) >= 11 is 0. The van der Waals surface area contributed by atoms with Crippen LogP contribution in [0.25, 0.3) is 5.69 Å². The molecule has 0 saturated carbocycles. The number of aryl methyl sites for hydroxylation is 1. The molecule has 2 aromatic carbocycles. The highest BCUT2D eigenvalue weighted by molar-refractivity contribution is 5.78. The van der Waals surface area contributed by atoms with E-state index in [0.717, 1.165) is 63.2 Å². The lowest BCUT2D eigenvalue weighted by Crippen LogP contribution is -2.36. The monoisotopic (exact) mass is 404 g/mol. The molecule has 0 unspecified atom stereocenters. The largest absolute Gasteiger partial charge is 0.341 e. The average molecular weight is 405 g/mol. The first-order valence-electron chi connectivity index (χ1n) is 10.6. The molecule has 0 bridgehead atoms. The van der Waals surface area contributed by atoms with Gasteiger partial charge in [-0.15, -0.1) is 5.10 Å². The van der Waals surface area contributed by atoms with Gasteiger partial charge in [-0.1, -0.05) is 42.5 Å². The molecule has 2 heterocycles. The van der Waals surface area contributed by atoms with Crippen LogP contribution in [0.15, 0.2) is 60.9 Å². The molecular formula is C23H28N6O. The summed E-state index contributed by atoms with van der Waals surface area (Å²) in [4.78, 5) is 17.3. The van der Waals surface area contributed by atoms with Crippen LogP contribution in [0.3, 0.4) is 0 Å². The smallest absolute Gasteiger partial charge is 0.227 e.